The molecule has 8 heteroatoms. The first kappa shape index (κ1) is 16.7. The van der Waals surface area contributed by atoms with Gasteiger partial charge in [0.05, 0.1) is 12.7 Å². The Morgan fingerprint density at radius 2 is 2.04 bits per heavy atom. The minimum atomic E-state index is 0.531. The summed E-state index contributed by atoms with van der Waals surface area (Å²) in [4.78, 5) is 4.76. The van der Waals surface area contributed by atoms with Gasteiger partial charge in [-0.2, -0.15) is 9.61 Å². The van der Waals surface area contributed by atoms with Gasteiger partial charge in [-0.25, -0.2) is 0 Å². The summed E-state index contributed by atoms with van der Waals surface area (Å²) in [5.74, 6) is 2.58. The van der Waals surface area contributed by atoms with Crippen LogP contribution in [0.1, 0.15) is 36.6 Å². The standard InChI is InChI=1S/C19H26N8/c1-14-10-20-26(11-14)9-8-24(2)16-12-25(13-16)18-7-6-17-21-22-19(27(17)23-18)15-4-3-5-15/h6-7,10-11,15-16H,3-5,8-9,12-13H2,1-2H3. The van der Waals surface area contributed by atoms with E-state index in [1.807, 2.05) is 21.5 Å². The predicted octanol–water partition coefficient (Wildman–Crippen LogP) is 1.72. The number of fused-ring (bicyclic) bond motifs is 1. The van der Waals surface area contributed by atoms with E-state index in [9.17, 15) is 0 Å². The van der Waals surface area contributed by atoms with Crippen molar-refractivity contribution in [2.24, 2.45) is 0 Å². The Labute approximate surface area is 158 Å². The van der Waals surface area contributed by atoms with Crippen LogP contribution in [0.4, 0.5) is 5.82 Å². The van der Waals surface area contributed by atoms with Gasteiger partial charge in [0.25, 0.3) is 0 Å². The molecule has 3 aromatic heterocycles. The summed E-state index contributed by atoms with van der Waals surface area (Å²) in [6, 6.07) is 4.66. The minimum Gasteiger partial charge on any atom is -0.352 e. The SMILES string of the molecule is Cc1cnn(CCN(C)C2CN(c3ccc4nnc(C5CCC5)n4n3)C2)c1. The number of nitrogens with zero attached hydrogens (tertiary/aromatic N) is 8. The van der Waals surface area contributed by atoms with Crippen molar-refractivity contribution >= 4 is 11.5 Å². The fraction of sp³-hybridized carbons (Fsp3) is 0.579. The van der Waals surface area contributed by atoms with E-state index in [4.69, 9.17) is 5.10 Å². The van der Waals surface area contributed by atoms with Crippen LogP contribution in [-0.4, -0.2) is 67.2 Å². The quantitative estimate of drug-likeness (QED) is 0.662. The first-order valence-electron chi connectivity index (χ1n) is 9.84. The van der Waals surface area contributed by atoms with E-state index in [2.05, 4.69) is 51.3 Å². The van der Waals surface area contributed by atoms with Gasteiger partial charge in [-0.15, -0.1) is 15.3 Å². The highest BCUT2D eigenvalue weighted by Gasteiger charge is 2.31. The molecule has 3 aromatic rings. The summed E-state index contributed by atoms with van der Waals surface area (Å²) in [6.07, 6.45) is 7.71. The third-order valence-corrected chi connectivity index (χ3v) is 6.00. The Morgan fingerprint density at radius 1 is 1.19 bits per heavy atom. The maximum absolute atomic E-state index is 4.84. The molecule has 5 rings (SSSR count). The lowest BCUT2D eigenvalue weighted by Gasteiger charge is -2.44. The third kappa shape index (κ3) is 3.07. The van der Waals surface area contributed by atoms with Crippen LogP contribution >= 0.6 is 0 Å². The molecule has 1 aliphatic heterocycles. The molecule has 1 saturated carbocycles. The fourth-order valence-corrected chi connectivity index (χ4v) is 3.84. The summed E-state index contributed by atoms with van der Waals surface area (Å²) in [5, 5.41) is 17.9. The number of rotatable bonds is 6. The highest BCUT2D eigenvalue weighted by atomic mass is 15.4. The molecule has 0 bridgehead atoms. The van der Waals surface area contributed by atoms with E-state index in [1.54, 1.807) is 0 Å². The predicted molar refractivity (Wildman–Crippen MR) is 103 cm³/mol. The summed E-state index contributed by atoms with van der Waals surface area (Å²) in [6.45, 7) is 6.02. The lowest BCUT2D eigenvalue weighted by Crippen LogP contribution is -2.59. The Bertz CT molecular complexity index is 934. The number of hydrogen-bond donors (Lipinski definition) is 0. The van der Waals surface area contributed by atoms with E-state index < -0.39 is 0 Å². The van der Waals surface area contributed by atoms with Crippen molar-refractivity contribution in [3.05, 3.63) is 35.9 Å². The van der Waals surface area contributed by atoms with E-state index in [0.717, 1.165) is 43.5 Å². The molecule has 142 valence electrons. The molecule has 0 radical (unpaired) electrons. The molecular weight excluding hydrogens is 340 g/mol. The monoisotopic (exact) mass is 366 g/mol. The van der Waals surface area contributed by atoms with Crippen molar-refractivity contribution in [3.63, 3.8) is 0 Å². The molecule has 0 N–H and O–H groups in total. The first-order chi connectivity index (χ1) is 13.2. The average molecular weight is 366 g/mol. The zero-order valence-electron chi connectivity index (χ0n) is 16.0. The Morgan fingerprint density at radius 3 is 2.74 bits per heavy atom. The maximum atomic E-state index is 4.84. The smallest absolute Gasteiger partial charge is 0.178 e. The number of aryl methyl sites for hydroxylation is 1. The van der Waals surface area contributed by atoms with Crippen molar-refractivity contribution in [2.45, 2.75) is 44.7 Å². The number of likely N-dealkylation sites (N-methyl/N-ethyl adjacent to an activating group) is 1. The van der Waals surface area contributed by atoms with Crippen LogP contribution in [0, 0.1) is 6.92 Å². The van der Waals surface area contributed by atoms with Crippen LogP contribution in [0.25, 0.3) is 5.65 Å². The van der Waals surface area contributed by atoms with E-state index in [-0.39, 0.29) is 0 Å². The van der Waals surface area contributed by atoms with E-state index in [1.165, 1.54) is 24.8 Å². The van der Waals surface area contributed by atoms with Gasteiger partial charge in [0, 0.05) is 37.8 Å². The van der Waals surface area contributed by atoms with Gasteiger partial charge in [-0.3, -0.25) is 9.58 Å². The summed E-state index contributed by atoms with van der Waals surface area (Å²) in [5.41, 5.74) is 2.06. The van der Waals surface area contributed by atoms with Gasteiger partial charge in [0.2, 0.25) is 0 Å². The highest BCUT2D eigenvalue weighted by molar-refractivity contribution is 5.48. The summed E-state index contributed by atoms with van der Waals surface area (Å²) in [7, 11) is 2.20. The van der Waals surface area contributed by atoms with E-state index >= 15 is 0 Å². The molecule has 8 nitrogen and oxygen atoms in total. The molecule has 2 aliphatic rings. The van der Waals surface area contributed by atoms with Crippen LogP contribution in [0.2, 0.25) is 0 Å². The number of hydrogen-bond acceptors (Lipinski definition) is 6. The van der Waals surface area contributed by atoms with Crippen molar-refractivity contribution < 1.29 is 0 Å². The van der Waals surface area contributed by atoms with Gasteiger partial charge in [0.1, 0.15) is 5.82 Å². The Balaban J connectivity index is 1.21. The van der Waals surface area contributed by atoms with Gasteiger partial charge in [0.15, 0.2) is 11.5 Å². The molecular formula is C19H26N8. The number of aromatic nitrogens is 6. The maximum Gasteiger partial charge on any atom is 0.178 e. The molecule has 4 heterocycles. The fourth-order valence-electron chi connectivity index (χ4n) is 3.84. The van der Waals surface area contributed by atoms with E-state index in [0.29, 0.717) is 12.0 Å². The van der Waals surface area contributed by atoms with Gasteiger partial charge < -0.3 is 4.90 Å². The molecule has 0 spiro atoms. The van der Waals surface area contributed by atoms with Crippen LogP contribution in [0.5, 0.6) is 0 Å². The van der Waals surface area contributed by atoms with Crippen LogP contribution in [0.3, 0.4) is 0 Å². The molecule has 0 atom stereocenters. The van der Waals surface area contributed by atoms with Gasteiger partial charge in [-0.05, 0) is 44.5 Å². The second-order valence-corrected chi connectivity index (χ2v) is 7.97. The average Bonchev–Trinajstić information content (AvgIpc) is 3.17. The van der Waals surface area contributed by atoms with Gasteiger partial charge in [-0.1, -0.05) is 6.42 Å². The lowest BCUT2D eigenvalue weighted by molar-refractivity contribution is 0.195. The van der Waals surface area contributed by atoms with Crippen LogP contribution in [0.15, 0.2) is 24.5 Å². The minimum absolute atomic E-state index is 0.531. The van der Waals surface area contributed by atoms with Crippen molar-refractivity contribution in [1.82, 2.24) is 34.5 Å². The molecule has 27 heavy (non-hydrogen) atoms. The summed E-state index contributed by atoms with van der Waals surface area (Å²) >= 11 is 0. The molecule has 0 amide bonds. The Hall–Kier alpha value is -2.48. The zero-order valence-corrected chi connectivity index (χ0v) is 16.0. The second-order valence-electron chi connectivity index (χ2n) is 7.97. The normalized spacial score (nSPS) is 18.3. The lowest BCUT2D eigenvalue weighted by atomic mass is 9.85. The van der Waals surface area contributed by atoms with Crippen LogP contribution in [-0.2, 0) is 6.54 Å². The largest absolute Gasteiger partial charge is 0.352 e. The Kier molecular flexibility index (Phi) is 4.07. The molecule has 1 saturated heterocycles. The molecule has 0 unspecified atom stereocenters. The topological polar surface area (TPSA) is 67.4 Å². The van der Waals surface area contributed by atoms with Crippen molar-refractivity contribution in [3.8, 4) is 0 Å². The number of anilines is 1. The van der Waals surface area contributed by atoms with Crippen molar-refractivity contribution in [1.29, 1.82) is 0 Å². The first-order valence-corrected chi connectivity index (χ1v) is 9.84. The van der Waals surface area contributed by atoms with Crippen LogP contribution < -0.4 is 4.90 Å². The van der Waals surface area contributed by atoms with Gasteiger partial charge >= 0.3 is 0 Å². The molecule has 0 aromatic carbocycles. The zero-order chi connectivity index (χ0) is 18.4. The van der Waals surface area contributed by atoms with Crippen molar-refractivity contribution in [2.75, 3.05) is 31.6 Å². The third-order valence-electron chi connectivity index (χ3n) is 6.00. The highest BCUT2D eigenvalue weighted by Crippen LogP contribution is 2.35. The summed E-state index contributed by atoms with van der Waals surface area (Å²) < 4.78 is 3.97. The molecule has 2 fully saturated rings. The second kappa shape index (κ2) is 6.60. The molecule has 1 aliphatic carbocycles.